The second-order valence-corrected chi connectivity index (χ2v) is 6.10. The Morgan fingerprint density at radius 1 is 1.00 bits per heavy atom. The highest BCUT2D eigenvalue weighted by molar-refractivity contribution is 5.92. The first-order valence-electron chi connectivity index (χ1n) is 8.68. The Labute approximate surface area is 149 Å². The number of amides is 1. The van der Waals surface area contributed by atoms with E-state index in [2.05, 4.69) is 17.4 Å². The van der Waals surface area contributed by atoms with E-state index >= 15 is 0 Å². The van der Waals surface area contributed by atoms with Crippen molar-refractivity contribution in [3.63, 3.8) is 0 Å². The number of aryl methyl sites for hydroxylation is 2. The van der Waals surface area contributed by atoms with E-state index in [-0.39, 0.29) is 18.6 Å². The lowest BCUT2D eigenvalue weighted by Gasteiger charge is -2.12. The monoisotopic (exact) mass is 339 g/mol. The lowest BCUT2D eigenvalue weighted by Crippen LogP contribution is -2.35. The van der Waals surface area contributed by atoms with Gasteiger partial charge in [0.15, 0.2) is 6.61 Å². The van der Waals surface area contributed by atoms with Crippen LogP contribution in [0.1, 0.15) is 41.8 Å². The van der Waals surface area contributed by atoms with Gasteiger partial charge in [-0.3, -0.25) is 4.79 Å². The van der Waals surface area contributed by atoms with Gasteiger partial charge in [-0.25, -0.2) is 4.79 Å². The fourth-order valence-electron chi connectivity index (χ4n) is 2.49. The summed E-state index contributed by atoms with van der Waals surface area (Å²) < 4.78 is 5.18. The van der Waals surface area contributed by atoms with Gasteiger partial charge >= 0.3 is 5.97 Å². The smallest absolute Gasteiger partial charge is 0.338 e. The molecule has 0 spiro atoms. The highest BCUT2D eigenvalue weighted by Gasteiger charge is 2.14. The van der Waals surface area contributed by atoms with Crippen LogP contribution in [0.2, 0.25) is 0 Å². The molecule has 0 fully saturated rings. The van der Waals surface area contributed by atoms with Gasteiger partial charge in [-0.1, -0.05) is 55.5 Å². The van der Waals surface area contributed by atoms with Crippen molar-refractivity contribution in [1.82, 2.24) is 5.32 Å². The zero-order valence-electron chi connectivity index (χ0n) is 14.8. The molecule has 0 saturated heterocycles. The third-order valence-corrected chi connectivity index (χ3v) is 4.12. The molecule has 2 aromatic carbocycles. The Hall–Kier alpha value is -2.62. The highest BCUT2D eigenvalue weighted by Crippen LogP contribution is 2.14. The molecular weight excluding hydrogens is 314 g/mol. The summed E-state index contributed by atoms with van der Waals surface area (Å²) in [5, 5.41) is 2.78. The average molecular weight is 339 g/mol. The molecule has 1 atom stereocenters. The summed E-state index contributed by atoms with van der Waals surface area (Å²) in [5.74, 6) is -0.729. The highest BCUT2D eigenvalue weighted by atomic mass is 16.5. The number of nitrogens with one attached hydrogen (secondary N) is 1. The minimum absolute atomic E-state index is 0.0735. The van der Waals surface area contributed by atoms with Gasteiger partial charge in [0.1, 0.15) is 0 Å². The van der Waals surface area contributed by atoms with Crippen LogP contribution in [0.5, 0.6) is 0 Å². The molecule has 0 aliphatic carbocycles. The van der Waals surface area contributed by atoms with Crippen molar-refractivity contribution >= 4 is 11.9 Å². The molecular formula is C21H25NO3. The van der Waals surface area contributed by atoms with Crippen molar-refractivity contribution in [2.75, 3.05) is 6.61 Å². The van der Waals surface area contributed by atoms with E-state index in [1.165, 1.54) is 5.56 Å². The number of benzene rings is 2. The van der Waals surface area contributed by atoms with Gasteiger partial charge in [0.2, 0.25) is 0 Å². The number of hydrogen-bond acceptors (Lipinski definition) is 3. The number of ether oxygens (including phenoxy) is 1. The van der Waals surface area contributed by atoms with Crippen molar-refractivity contribution in [2.45, 2.75) is 39.2 Å². The van der Waals surface area contributed by atoms with E-state index in [0.717, 1.165) is 24.8 Å². The minimum atomic E-state index is -0.456. The predicted molar refractivity (Wildman–Crippen MR) is 98.5 cm³/mol. The normalized spacial score (nSPS) is 11.6. The van der Waals surface area contributed by atoms with Gasteiger partial charge in [-0.05, 0) is 43.4 Å². The van der Waals surface area contributed by atoms with Gasteiger partial charge in [0.05, 0.1) is 5.56 Å². The van der Waals surface area contributed by atoms with E-state index in [1.54, 1.807) is 6.07 Å². The molecule has 2 aromatic rings. The molecule has 132 valence electrons. The third kappa shape index (κ3) is 6.07. The Morgan fingerprint density at radius 2 is 1.68 bits per heavy atom. The minimum Gasteiger partial charge on any atom is -0.452 e. The van der Waals surface area contributed by atoms with Crippen LogP contribution in [0, 0.1) is 0 Å². The molecule has 0 aliphatic heterocycles. The quantitative estimate of drug-likeness (QED) is 0.749. The van der Waals surface area contributed by atoms with Crippen LogP contribution in [-0.2, 0) is 22.4 Å². The molecule has 0 aliphatic rings. The predicted octanol–water partition coefficient (Wildman–Crippen LogP) is 3.54. The summed E-state index contributed by atoms with van der Waals surface area (Å²) >= 11 is 0. The molecule has 1 unspecified atom stereocenters. The summed E-state index contributed by atoms with van der Waals surface area (Å²) in [4.78, 5) is 24.1. The molecule has 2 rings (SSSR count). The van der Waals surface area contributed by atoms with Gasteiger partial charge in [-0.15, -0.1) is 0 Å². The zero-order chi connectivity index (χ0) is 18.1. The first kappa shape index (κ1) is 18.7. The van der Waals surface area contributed by atoms with Crippen LogP contribution in [0.3, 0.4) is 0 Å². The number of carbonyl (C=O) groups is 2. The maximum absolute atomic E-state index is 12.3. The van der Waals surface area contributed by atoms with Gasteiger partial charge < -0.3 is 10.1 Å². The maximum Gasteiger partial charge on any atom is 0.338 e. The molecule has 1 N–H and O–H groups in total. The fraction of sp³-hybridized carbons (Fsp3) is 0.333. The first-order valence-corrected chi connectivity index (χ1v) is 8.68. The molecule has 0 aromatic heterocycles. The SMILES string of the molecule is CCC(C)NC(=O)COC(=O)c1ccccc1CCc1ccccc1. The van der Waals surface area contributed by atoms with Crippen molar-refractivity contribution in [1.29, 1.82) is 0 Å². The van der Waals surface area contributed by atoms with E-state index < -0.39 is 5.97 Å². The molecule has 4 nitrogen and oxygen atoms in total. The standard InChI is InChI=1S/C21H25NO3/c1-3-16(2)22-20(23)15-25-21(24)19-12-8-7-11-18(19)14-13-17-9-5-4-6-10-17/h4-12,16H,3,13-15H2,1-2H3,(H,22,23). The number of esters is 1. The Morgan fingerprint density at radius 3 is 2.40 bits per heavy atom. The number of carbonyl (C=O) groups excluding carboxylic acids is 2. The van der Waals surface area contributed by atoms with Crippen LogP contribution in [0.15, 0.2) is 54.6 Å². The van der Waals surface area contributed by atoms with Crippen molar-refractivity contribution in [2.24, 2.45) is 0 Å². The Bertz CT molecular complexity index is 697. The summed E-state index contributed by atoms with van der Waals surface area (Å²) in [7, 11) is 0. The van der Waals surface area contributed by atoms with Crippen LogP contribution in [0.25, 0.3) is 0 Å². The fourth-order valence-corrected chi connectivity index (χ4v) is 2.49. The van der Waals surface area contributed by atoms with E-state index in [0.29, 0.717) is 5.56 Å². The van der Waals surface area contributed by atoms with Crippen LogP contribution < -0.4 is 5.32 Å². The Kier molecular flexibility index (Phi) is 7.20. The second kappa shape index (κ2) is 9.62. The van der Waals surface area contributed by atoms with Crippen LogP contribution >= 0.6 is 0 Å². The molecule has 0 radical (unpaired) electrons. The molecule has 4 heteroatoms. The molecule has 0 bridgehead atoms. The summed E-state index contributed by atoms with van der Waals surface area (Å²) in [6.45, 7) is 3.65. The topological polar surface area (TPSA) is 55.4 Å². The van der Waals surface area contributed by atoms with Crippen molar-refractivity contribution < 1.29 is 14.3 Å². The molecule has 1 amide bonds. The molecule has 25 heavy (non-hydrogen) atoms. The van der Waals surface area contributed by atoms with Crippen molar-refractivity contribution in [3.05, 3.63) is 71.3 Å². The Balaban J connectivity index is 1.94. The summed E-state index contributed by atoms with van der Waals surface area (Å²) in [5.41, 5.74) is 2.67. The summed E-state index contributed by atoms with van der Waals surface area (Å²) in [6, 6.07) is 17.6. The first-order chi connectivity index (χ1) is 12.1. The third-order valence-electron chi connectivity index (χ3n) is 4.12. The molecule has 0 heterocycles. The second-order valence-electron chi connectivity index (χ2n) is 6.10. The lowest BCUT2D eigenvalue weighted by molar-refractivity contribution is -0.124. The van der Waals surface area contributed by atoms with Crippen LogP contribution in [-0.4, -0.2) is 24.5 Å². The lowest BCUT2D eigenvalue weighted by atomic mass is 10.00. The maximum atomic E-state index is 12.3. The van der Waals surface area contributed by atoms with E-state index in [1.807, 2.05) is 50.2 Å². The average Bonchev–Trinajstić information content (AvgIpc) is 2.65. The van der Waals surface area contributed by atoms with Crippen LogP contribution in [0.4, 0.5) is 0 Å². The number of hydrogen-bond donors (Lipinski definition) is 1. The van der Waals surface area contributed by atoms with E-state index in [4.69, 9.17) is 4.74 Å². The zero-order valence-corrected chi connectivity index (χ0v) is 14.8. The van der Waals surface area contributed by atoms with E-state index in [9.17, 15) is 9.59 Å². The van der Waals surface area contributed by atoms with Gasteiger partial charge in [0.25, 0.3) is 5.91 Å². The number of rotatable bonds is 8. The van der Waals surface area contributed by atoms with Gasteiger partial charge in [0, 0.05) is 6.04 Å². The summed E-state index contributed by atoms with van der Waals surface area (Å²) in [6.07, 6.45) is 2.43. The molecule has 0 saturated carbocycles. The largest absolute Gasteiger partial charge is 0.452 e. The van der Waals surface area contributed by atoms with Gasteiger partial charge in [-0.2, -0.15) is 0 Å². The van der Waals surface area contributed by atoms with Crippen molar-refractivity contribution in [3.8, 4) is 0 Å².